The molecule has 1 aromatic carbocycles. The van der Waals surface area contributed by atoms with E-state index in [1.54, 1.807) is 0 Å². The van der Waals surface area contributed by atoms with Crippen LogP contribution in [0.1, 0.15) is 35.6 Å². The van der Waals surface area contributed by atoms with Gasteiger partial charge in [-0.25, -0.2) is 4.98 Å². The summed E-state index contributed by atoms with van der Waals surface area (Å²) in [6.45, 7) is 3.11. The Morgan fingerprint density at radius 2 is 2.00 bits per heavy atom. The van der Waals surface area contributed by atoms with Crippen LogP contribution in [0.3, 0.4) is 0 Å². The van der Waals surface area contributed by atoms with E-state index in [-0.39, 0.29) is 0 Å². The van der Waals surface area contributed by atoms with Gasteiger partial charge < -0.3 is 10.3 Å². The van der Waals surface area contributed by atoms with E-state index in [0.717, 1.165) is 30.9 Å². The van der Waals surface area contributed by atoms with Crippen LogP contribution in [0, 0.1) is 6.92 Å². The number of imidazole rings is 1. The van der Waals surface area contributed by atoms with Crippen LogP contribution in [0.15, 0.2) is 24.3 Å². The molecule has 100 valence electrons. The highest BCUT2D eigenvalue weighted by Crippen LogP contribution is 2.23. The van der Waals surface area contributed by atoms with Crippen molar-refractivity contribution in [1.29, 1.82) is 0 Å². The second-order valence-corrected chi connectivity index (χ2v) is 5.36. The average Bonchev–Trinajstić information content (AvgIpc) is 2.74. The van der Waals surface area contributed by atoms with E-state index in [1.165, 1.54) is 36.2 Å². The third kappa shape index (κ3) is 2.37. The highest BCUT2D eigenvalue weighted by atomic mass is 15.1. The molecule has 1 aliphatic rings. The Hall–Kier alpha value is -1.77. The Labute approximate surface area is 114 Å². The number of hydrogen-bond donors (Lipinski definition) is 1. The molecule has 3 nitrogen and oxygen atoms in total. The predicted molar refractivity (Wildman–Crippen MR) is 78.2 cm³/mol. The minimum Gasteiger partial charge on any atom is -0.399 e. The number of fused-ring (bicyclic) bond motifs is 1. The van der Waals surface area contributed by atoms with Gasteiger partial charge in [-0.3, -0.25) is 0 Å². The van der Waals surface area contributed by atoms with Crippen molar-refractivity contribution in [3.8, 4) is 0 Å². The quantitative estimate of drug-likeness (QED) is 0.857. The van der Waals surface area contributed by atoms with Crippen LogP contribution < -0.4 is 5.73 Å². The van der Waals surface area contributed by atoms with E-state index < -0.39 is 0 Å². The molecule has 1 aromatic heterocycles. The minimum absolute atomic E-state index is 0.897. The van der Waals surface area contributed by atoms with Crippen molar-refractivity contribution in [3.63, 3.8) is 0 Å². The number of nitrogens with zero attached hydrogens (tertiary/aromatic N) is 2. The number of benzene rings is 1. The van der Waals surface area contributed by atoms with Crippen molar-refractivity contribution in [2.45, 2.75) is 45.6 Å². The van der Waals surface area contributed by atoms with Gasteiger partial charge in [0.05, 0.1) is 5.69 Å². The Balaban J connectivity index is 1.81. The summed E-state index contributed by atoms with van der Waals surface area (Å²) in [6, 6.07) is 8.14. The molecular weight excluding hydrogens is 234 g/mol. The van der Waals surface area contributed by atoms with Gasteiger partial charge in [0.15, 0.2) is 0 Å². The van der Waals surface area contributed by atoms with Crippen molar-refractivity contribution in [2.24, 2.45) is 0 Å². The first-order valence-corrected chi connectivity index (χ1v) is 7.14. The molecule has 0 spiro atoms. The van der Waals surface area contributed by atoms with Gasteiger partial charge in [-0.15, -0.1) is 0 Å². The molecule has 2 N–H and O–H groups in total. The number of hydrogen-bond acceptors (Lipinski definition) is 2. The van der Waals surface area contributed by atoms with Gasteiger partial charge in [0.1, 0.15) is 5.82 Å². The van der Waals surface area contributed by atoms with Crippen LogP contribution >= 0.6 is 0 Å². The molecule has 0 bridgehead atoms. The summed E-state index contributed by atoms with van der Waals surface area (Å²) in [7, 11) is 0. The first-order chi connectivity index (χ1) is 9.25. The van der Waals surface area contributed by atoms with E-state index in [4.69, 9.17) is 10.7 Å². The van der Waals surface area contributed by atoms with Crippen molar-refractivity contribution in [2.75, 3.05) is 5.73 Å². The Morgan fingerprint density at radius 3 is 2.84 bits per heavy atom. The van der Waals surface area contributed by atoms with E-state index in [0.29, 0.717) is 0 Å². The maximum atomic E-state index is 6.01. The number of rotatable bonds is 3. The van der Waals surface area contributed by atoms with Crippen molar-refractivity contribution in [3.05, 3.63) is 47.0 Å². The van der Waals surface area contributed by atoms with E-state index in [1.807, 2.05) is 12.1 Å². The highest BCUT2D eigenvalue weighted by Gasteiger charge is 2.17. The van der Waals surface area contributed by atoms with Crippen LogP contribution in [0.4, 0.5) is 5.69 Å². The topological polar surface area (TPSA) is 43.8 Å². The first kappa shape index (κ1) is 12.3. The van der Waals surface area contributed by atoms with Crippen LogP contribution in [0.5, 0.6) is 0 Å². The molecule has 3 rings (SSSR count). The number of anilines is 1. The molecule has 0 atom stereocenters. The van der Waals surface area contributed by atoms with Gasteiger partial charge in [-0.2, -0.15) is 0 Å². The summed E-state index contributed by atoms with van der Waals surface area (Å²) in [4.78, 5) is 4.72. The lowest BCUT2D eigenvalue weighted by Crippen LogP contribution is -2.11. The second-order valence-electron chi connectivity index (χ2n) is 5.36. The fourth-order valence-electron chi connectivity index (χ4n) is 3.03. The lowest BCUT2D eigenvalue weighted by Gasteiger charge is -2.15. The van der Waals surface area contributed by atoms with Gasteiger partial charge in [-0.1, -0.05) is 18.2 Å². The third-order valence-electron chi connectivity index (χ3n) is 4.08. The molecule has 0 radical (unpaired) electrons. The molecule has 0 aliphatic heterocycles. The number of aryl methyl sites for hydroxylation is 3. The van der Waals surface area contributed by atoms with E-state index in [2.05, 4.69) is 23.6 Å². The lowest BCUT2D eigenvalue weighted by molar-refractivity contribution is 0.595. The average molecular weight is 255 g/mol. The molecule has 2 aromatic rings. The largest absolute Gasteiger partial charge is 0.399 e. The summed E-state index contributed by atoms with van der Waals surface area (Å²) in [6.07, 6.45) is 5.90. The summed E-state index contributed by atoms with van der Waals surface area (Å²) in [5.41, 5.74) is 10.9. The molecule has 1 heterocycles. The zero-order chi connectivity index (χ0) is 13.2. The molecule has 0 unspecified atom stereocenters. The number of aromatic nitrogens is 2. The Morgan fingerprint density at radius 1 is 1.21 bits per heavy atom. The fraction of sp³-hybridized carbons (Fsp3) is 0.438. The summed E-state index contributed by atoms with van der Waals surface area (Å²) < 4.78 is 2.39. The van der Waals surface area contributed by atoms with Gasteiger partial charge in [0, 0.05) is 17.9 Å². The lowest BCUT2D eigenvalue weighted by atomic mass is 10.0. The van der Waals surface area contributed by atoms with Crippen LogP contribution in [-0.2, 0) is 25.8 Å². The van der Waals surface area contributed by atoms with E-state index >= 15 is 0 Å². The van der Waals surface area contributed by atoms with Gasteiger partial charge >= 0.3 is 0 Å². The minimum atomic E-state index is 0.897. The van der Waals surface area contributed by atoms with Gasteiger partial charge in [-0.05, 0) is 50.7 Å². The molecular formula is C16H21N3. The number of para-hydroxylation sites is 1. The monoisotopic (exact) mass is 255 g/mol. The number of nitrogens with two attached hydrogens (primary N) is 1. The maximum Gasteiger partial charge on any atom is 0.106 e. The van der Waals surface area contributed by atoms with Gasteiger partial charge in [0.25, 0.3) is 0 Å². The fourth-order valence-corrected chi connectivity index (χ4v) is 3.03. The summed E-state index contributed by atoms with van der Waals surface area (Å²) in [5.74, 6) is 1.15. The molecule has 1 aliphatic carbocycles. The predicted octanol–water partition coefficient (Wildman–Crippen LogP) is 2.90. The molecule has 3 heteroatoms. The second kappa shape index (κ2) is 5.08. The summed E-state index contributed by atoms with van der Waals surface area (Å²) >= 11 is 0. The Bertz CT molecular complexity index is 584. The summed E-state index contributed by atoms with van der Waals surface area (Å²) in [5, 5.41) is 0. The molecule has 19 heavy (non-hydrogen) atoms. The Kier molecular flexibility index (Phi) is 3.28. The molecule has 0 saturated carbocycles. The zero-order valence-electron chi connectivity index (χ0n) is 11.5. The van der Waals surface area contributed by atoms with Crippen LogP contribution in [-0.4, -0.2) is 9.55 Å². The molecule has 0 saturated heterocycles. The third-order valence-corrected chi connectivity index (χ3v) is 4.08. The zero-order valence-corrected chi connectivity index (χ0v) is 11.5. The van der Waals surface area contributed by atoms with Crippen molar-refractivity contribution >= 4 is 5.69 Å². The van der Waals surface area contributed by atoms with Crippen molar-refractivity contribution in [1.82, 2.24) is 9.55 Å². The maximum absolute atomic E-state index is 6.01. The van der Waals surface area contributed by atoms with Crippen LogP contribution in [0.25, 0.3) is 0 Å². The SMILES string of the molecule is Cc1nc2c(n1CCc1ccccc1N)CCCC2. The standard InChI is InChI=1S/C16H21N3/c1-12-18-15-8-4-5-9-16(15)19(12)11-10-13-6-2-3-7-14(13)17/h2-3,6-7H,4-5,8-11,17H2,1H3. The van der Waals surface area contributed by atoms with E-state index in [9.17, 15) is 0 Å². The smallest absolute Gasteiger partial charge is 0.106 e. The number of nitrogen functional groups attached to an aromatic ring is 1. The first-order valence-electron chi connectivity index (χ1n) is 7.14. The molecule has 0 fully saturated rings. The van der Waals surface area contributed by atoms with Crippen molar-refractivity contribution < 1.29 is 0 Å². The molecule has 0 amide bonds. The van der Waals surface area contributed by atoms with Gasteiger partial charge in [0.2, 0.25) is 0 Å². The normalized spacial score (nSPS) is 14.4. The highest BCUT2D eigenvalue weighted by molar-refractivity contribution is 5.46. The van der Waals surface area contributed by atoms with Crippen LogP contribution in [0.2, 0.25) is 0 Å².